The van der Waals surface area contributed by atoms with E-state index < -0.39 is 23.8 Å². The third-order valence-electron chi connectivity index (χ3n) is 3.50. The van der Waals surface area contributed by atoms with Gasteiger partial charge >= 0.3 is 12.1 Å². The van der Waals surface area contributed by atoms with Gasteiger partial charge in [0.15, 0.2) is 0 Å². The Labute approximate surface area is 135 Å². The first kappa shape index (κ1) is 17.5. The summed E-state index contributed by atoms with van der Waals surface area (Å²) in [5.74, 6) is -1.75. The molecule has 4 nitrogen and oxygen atoms in total. The second kappa shape index (κ2) is 6.31. The molecule has 2 unspecified atom stereocenters. The Kier molecular flexibility index (Phi) is 4.79. The van der Waals surface area contributed by atoms with Crippen molar-refractivity contribution in [3.8, 4) is 5.75 Å². The number of carbonyl (C=O) groups is 1. The van der Waals surface area contributed by atoms with Gasteiger partial charge in [0.25, 0.3) is 0 Å². The highest BCUT2D eigenvalue weighted by molar-refractivity contribution is 6.33. The molecule has 0 aromatic heterocycles. The van der Waals surface area contributed by atoms with Crippen molar-refractivity contribution in [2.24, 2.45) is 0 Å². The van der Waals surface area contributed by atoms with Crippen LogP contribution in [0.2, 0.25) is 5.02 Å². The summed E-state index contributed by atoms with van der Waals surface area (Å²) in [4.78, 5) is 11.1. The van der Waals surface area contributed by atoms with E-state index in [-0.39, 0.29) is 22.4 Å². The molecule has 0 aliphatic carbocycles. The van der Waals surface area contributed by atoms with Gasteiger partial charge in [0, 0.05) is 17.7 Å². The summed E-state index contributed by atoms with van der Waals surface area (Å²) < 4.78 is 44.0. The molecule has 23 heavy (non-hydrogen) atoms. The molecule has 1 heterocycles. The van der Waals surface area contributed by atoms with Crippen molar-refractivity contribution in [1.82, 2.24) is 0 Å². The monoisotopic (exact) mass is 349 g/mol. The maximum absolute atomic E-state index is 13.0. The van der Waals surface area contributed by atoms with Gasteiger partial charge in [-0.25, -0.2) is 4.79 Å². The summed E-state index contributed by atoms with van der Waals surface area (Å²) in [6.45, 7) is 3.85. The molecule has 2 atom stereocenters. The number of rotatable bonds is 4. The van der Waals surface area contributed by atoms with E-state index >= 15 is 0 Å². The normalized spacial score (nSPS) is 18.5. The molecular formula is C15H15ClF3NO3. The number of hydrogen-bond donors (Lipinski definition) is 2. The minimum Gasteiger partial charge on any atom is -0.478 e. The maximum Gasteiger partial charge on any atom is 0.430 e. The Bertz CT molecular complexity index is 658. The quantitative estimate of drug-likeness (QED) is 0.849. The second-order valence-electron chi connectivity index (χ2n) is 5.27. The minimum atomic E-state index is -4.83. The van der Waals surface area contributed by atoms with Gasteiger partial charge in [0.05, 0.1) is 16.3 Å². The van der Waals surface area contributed by atoms with Gasteiger partial charge in [-0.2, -0.15) is 13.2 Å². The predicted molar refractivity (Wildman–Crippen MR) is 80.9 cm³/mol. The zero-order valence-corrected chi connectivity index (χ0v) is 13.1. The lowest BCUT2D eigenvalue weighted by Gasteiger charge is -2.28. The van der Waals surface area contributed by atoms with E-state index in [1.165, 1.54) is 12.1 Å². The summed E-state index contributed by atoms with van der Waals surface area (Å²) >= 11 is 6.10. The van der Waals surface area contributed by atoms with E-state index in [4.69, 9.17) is 21.4 Å². The Morgan fingerprint density at radius 1 is 1.48 bits per heavy atom. The van der Waals surface area contributed by atoms with E-state index in [9.17, 15) is 18.0 Å². The molecule has 2 rings (SSSR count). The van der Waals surface area contributed by atoms with Crippen LogP contribution < -0.4 is 10.1 Å². The standard InChI is InChI=1S/C15H15ClF3NO3/c1-3-7(2)20-11-6-12-8(5-10(11)16)4-9(14(21)22)13(23-12)15(17,18)19/h4-7,13,20H,3H2,1-2H3,(H,21,22). The van der Waals surface area contributed by atoms with Crippen LogP contribution in [0, 0.1) is 0 Å². The van der Waals surface area contributed by atoms with Gasteiger partial charge in [0.2, 0.25) is 6.10 Å². The third-order valence-corrected chi connectivity index (χ3v) is 3.81. The first-order valence-electron chi connectivity index (χ1n) is 6.91. The van der Waals surface area contributed by atoms with Gasteiger partial charge in [-0.3, -0.25) is 0 Å². The number of fused-ring (bicyclic) bond motifs is 1. The van der Waals surface area contributed by atoms with Crippen LogP contribution in [0.1, 0.15) is 25.8 Å². The lowest BCUT2D eigenvalue weighted by Crippen LogP contribution is -2.40. The smallest absolute Gasteiger partial charge is 0.430 e. The predicted octanol–water partition coefficient (Wildman–Crippen LogP) is 4.34. The van der Waals surface area contributed by atoms with Crippen LogP contribution >= 0.6 is 11.6 Å². The summed E-state index contributed by atoms with van der Waals surface area (Å²) in [6.07, 6.45) is -5.60. The van der Waals surface area contributed by atoms with Crippen molar-refractivity contribution in [1.29, 1.82) is 0 Å². The van der Waals surface area contributed by atoms with Crippen molar-refractivity contribution < 1.29 is 27.8 Å². The Hall–Kier alpha value is -1.89. The van der Waals surface area contributed by atoms with Gasteiger partial charge in [-0.05, 0) is 25.5 Å². The molecule has 0 fully saturated rings. The fourth-order valence-corrected chi connectivity index (χ4v) is 2.34. The first-order chi connectivity index (χ1) is 10.6. The Morgan fingerprint density at radius 3 is 2.65 bits per heavy atom. The maximum atomic E-state index is 13.0. The summed E-state index contributed by atoms with van der Waals surface area (Å²) in [5, 5.41) is 12.3. The van der Waals surface area contributed by atoms with Crippen LogP contribution in [0.4, 0.5) is 18.9 Å². The number of carboxylic acids is 1. The fraction of sp³-hybridized carbons (Fsp3) is 0.400. The fourth-order valence-electron chi connectivity index (χ4n) is 2.11. The van der Waals surface area contributed by atoms with Crippen LogP contribution in [-0.4, -0.2) is 29.4 Å². The van der Waals surface area contributed by atoms with Crippen molar-refractivity contribution in [2.45, 2.75) is 38.6 Å². The zero-order valence-electron chi connectivity index (χ0n) is 12.4. The van der Waals surface area contributed by atoms with Crippen molar-refractivity contribution in [2.75, 3.05) is 5.32 Å². The van der Waals surface area contributed by atoms with E-state index in [2.05, 4.69) is 5.32 Å². The number of nitrogens with one attached hydrogen (secondary N) is 1. The van der Waals surface area contributed by atoms with Crippen LogP contribution in [0.25, 0.3) is 6.08 Å². The molecule has 126 valence electrons. The zero-order chi connectivity index (χ0) is 17.4. The Balaban J connectivity index is 2.47. The summed E-state index contributed by atoms with van der Waals surface area (Å²) in [5.41, 5.74) is -0.237. The number of halogens is 4. The van der Waals surface area contributed by atoms with Gasteiger partial charge in [0.1, 0.15) is 5.75 Å². The average molecular weight is 350 g/mol. The van der Waals surface area contributed by atoms with Crippen LogP contribution in [0.5, 0.6) is 5.75 Å². The molecule has 0 saturated carbocycles. The van der Waals surface area contributed by atoms with Crippen molar-refractivity contribution >= 4 is 29.3 Å². The molecule has 1 aromatic carbocycles. The van der Waals surface area contributed by atoms with Crippen LogP contribution in [0.3, 0.4) is 0 Å². The molecule has 0 amide bonds. The largest absolute Gasteiger partial charge is 0.478 e. The molecule has 0 spiro atoms. The molecule has 0 saturated heterocycles. The highest BCUT2D eigenvalue weighted by Gasteiger charge is 2.48. The minimum absolute atomic E-state index is 0.0625. The van der Waals surface area contributed by atoms with Crippen LogP contribution in [0.15, 0.2) is 17.7 Å². The number of anilines is 1. The molecule has 8 heteroatoms. The molecule has 1 aromatic rings. The number of carboxylic acid groups (broad SMARTS) is 1. The highest BCUT2D eigenvalue weighted by atomic mass is 35.5. The van der Waals surface area contributed by atoms with Crippen molar-refractivity contribution in [3.05, 3.63) is 28.3 Å². The first-order valence-corrected chi connectivity index (χ1v) is 7.29. The summed E-state index contributed by atoms with van der Waals surface area (Å²) in [6, 6.07) is 2.81. The van der Waals surface area contributed by atoms with E-state index in [0.29, 0.717) is 5.69 Å². The van der Waals surface area contributed by atoms with Crippen LogP contribution in [-0.2, 0) is 4.79 Å². The van der Waals surface area contributed by atoms with Gasteiger partial charge < -0.3 is 15.2 Å². The number of alkyl halides is 3. The van der Waals surface area contributed by atoms with Gasteiger partial charge in [-0.1, -0.05) is 18.5 Å². The number of benzene rings is 1. The molecule has 2 N–H and O–H groups in total. The lowest BCUT2D eigenvalue weighted by molar-refractivity contribution is -0.187. The van der Waals surface area contributed by atoms with E-state index in [1.54, 1.807) is 0 Å². The Morgan fingerprint density at radius 2 is 2.13 bits per heavy atom. The number of aliphatic carboxylic acids is 1. The second-order valence-corrected chi connectivity index (χ2v) is 5.68. The number of hydrogen-bond acceptors (Lipinski definition) is 3. The third kappa shape index (κ3) is 3.72. The van der Waals surface area contributed by atoms with E-state index in [1.807, 2.05) is 13.8 Å². The molecule has 0 bridgehead atoms. The van der Waals surface area contributed by atoms with E-state index in [0.717, 1.165) is 12.5 Å². The lowest BCUT2D eigenvalue weighted by atomic mass is 10.0. The molecular weight excluding hydrogens is 335 g/mol. The highest BCUT2D eigenvalue weighted by Crippen LogP contribution is 2.40. The van der Waals surface area contributed by atoms with Gasteiger partial charge in [-0.15, -0.1) is 0 Å². The molecule has 1 aliphatic rings. The average Bonchev–Trinajstić information content (AvgIpc) is 2.45. The summed E-state index contributed by atoms with van der Waals surface area (Å²) in [7, 11) is 0. The number of ether oxygens (including phenoxy) is 1. The SMILES string of the molecule is CCC(C)Nc1cc2c(cc1Cl)C=C(C(=O)O)C(C(F)(F)F)O2. The molecule has 1 aliphatic heterocycles. The van der Waals surface area contributed by atoms with Crippen molar-refractivity contribution in [3.63, 3.8) is 0 Å². The molecule has 0 radical (unpaired) electrons. The topological polar surface area (TPSA) is 58.6 Å².